The van der Waals surface area contributed by atoms with E-state index in [4.69, 9.17) is 5.84 Å². The molecule has 0 fully saturated rings. The third kappa shape index (κ3) is 2.64. The van der Waals surface area contributed by atoms with Gasteiger partial charge in [-0.25, -0.2) is 15.4 Å². The number of rotatable bonds is 3. The van der Waals surface area contributed by atoms with E-state index in [9.17, 15) is 0 Å². The molecule has 3 N–H and O–H groups in total. The smallest absolute Gasteiger partial charge is 0.125 e. The topological polar surface area (TPSA) is 76.7 Å². The normalized spacial score (nSPS) is 12.4. The van der Waals surface area contributed by atoms with Crippen molar-refractivity contribution in [2.24, 2.45) is 5.84 Å². The van der Waals surface area contributed by atoms with Crippen molar-refractivity contribution in [1.82, 2.24) is 20.4 Å². The van der Waals surface area contributed by atoms with E-state index in [1.165, 1.54) is 0 Å². The number of nitrogens with one attached hydrogen (secondary N) is 1. The molecule has 0 aromatic carbocycles. The summed E-state index contributed by atoms with van der Waals surface area (Å²) >= 11 is 0. The molecule has 0 aliphatic heterocycles. The summed E-state index contributed by atoms with van der Waals surface area (Å²) in [5.41, 5.74) is 5.55. The molecule has 0 bridgehead atoms. The Labute approximate surface area is 100 Å². The van der Waals surface area contributed by atoms with Gasteiger partial charge in [-0.15, -0.1) is 0 Å². The molecular weight excluding hydrogens is 214 g/mol. The fourth-order valence-electron chi connectivity index (χ4n) is 1.64. The van der Waals surface area contributed by atoms with E-state index in [0.717, 1.165) is 22.8 Å². The van der Waals surface area contributed by atoms with Crippen LogP contribution in [0.3, 0.4) is 0 Å². The van der Waals surface area contributed by atoms with Crippen LogP contribution in [-0.2, 0) is 0 Å². The van der Waals surface area contributed by atoms with Crippen molar-refractivity contribution < 1.29 is 0 Å². The van der Waals surface area contributed by atoms with Gasteiger partial charge in [-0.3, -0.25) is 10.8 Å². The molecule has 2 aromatic rings. The van der Waals surface area contributed by atoms with Crippen LogP contribution in [0.15, 0.2) is 30.6 Å². The molecule has 0 radical (unpaired) electrons. The molecular formula is C12H15N5. The monoisotopic (exact) mass is 229 g/mol. The Bertz CT molecular complexity index is 495. The Morgan fingerprint density at radius 1 is 1.18 bits per heavy atom. The number of pyridine rings is 1. The van der Waals surface area contributed by atoms with Crippen molar-refractivity contribution in [3.63, 3.8) is 0 Å². The predicted molar refractivity (Wildman–Crippen MR) is 64.9 cm³/mol. The lowest BCUT2D eigenvalue weighted by Gasteiger charge is -2.15. The lowest BCUT2D eigenvalue weighted by atomic mass is 10.1. The molecule has 0 spiro atoms. The largest absolute Gasteiger partial charge is 0.271 e. The number of aryl methyl sites for hydroxylation is 2. The van der Waals surface area contributed by atoms with Gasteiger partial charge in [0.05, 0.1) is 11.7 Å². The summed E-state index contributed by atoms with van der Waals surface area (Å²) in [7, 11) is 0. The molecule has 5 nitrogen and oxygen atoms in total. The Kier molecular flexibility index (Phi) is 3.41. The molecule has 2 heterocycles. The highest BCUT2D eigenvalue weighted by Crippen LogP contribution is 2.18. The second-order valence-electron chi connectivity index (χ2n) is 3.86. The zero-order valence-corrected chi connectivity index (χ0v) is 9.88. The van der Waals surface area contributed by atoms with E-state index in [1.807, 2.05) is 32.0 Å². The van der Waals surface area contributed by atoms with Crippen LogP contribution in [0.4, 0.5) is 0 Å². The summed E-state index contributed by atoms with van der Waals surface area (Å²) in [6, 6.07) is 5.62. The Balaban J connectivity index is 2.36. The molecule has 17 heavy (non-hydrogen) atoms. The number of nitrogens with zero attached hydrogens (tertiary/aromatic N) is 3. The zero-order chi connectivity index (χ0) is 12.3. The molecule has 1 unspecified atom stereocenters. The van der Waals surface area contributed by atoms with Crippen LogP contribution >= 0.6 is 0 Å². The highest BCUT2D eigenvalue weighted by atomic mass is 15.2. The highest BCUT2D eigenvalue weighted by Gasteiger charge is 2.14. The van der Waals surface area contributed by atoms with Gasteiger partial charge in [-0.05, 0) is 31.5 Å². The molecule has 88 valence electrons. The number of hydrogen-bond acceptors (Lipinski definition) is 5. The molecule has 0 saturated carbocycles. The van der Waals surface area contributed by atoms with Gasteiger partial charge in [0.25, 0.3) is 0 Å². The number of hydrogen-bond donors (Lipinski definition) is 2. The Morgan fingerprint density at radius 3 is 2.59 bits per heavy atom. The van der Waals surface area contributed by atoms with Crippen molar-refractivity contribution in [2.75, 3.05) is 0 Å². The van der Waals surface area contributed by atoms with Crippen LogP contribution in [0.5, 0.6) is 0 Å². The summed E-state index contributed by atoms with van der Waals surface area (Å²) in [4.78, 5) is 12.7. The van der Waals surface area contributed by atoms with Crippen LogP contribution in [0.1, 0.15) is 28.8 Å². The molecule has 0 amide bonds. The first kappa shape index (κ1) is 11.6. The van der Waals surface area contributed by atoms with Gasteiger partial charge in [0.2, 0.25) is 0 Å². The predicted octanol–water partition coefficient (Wildman–Crippen LogP) is 1.04. The first-order chi connectivity index (χ1) is 8.20. The lowest BCUT2D eigenvalue weighted by Crippen LogP contribution is -2.29. The van der Waals surface area contributed by atoms with E-state index in [2.05, 4.69) is 20.4 Å². The summed E-state index contributed by atoms with van der Waals surface area (Å²) in [5, 5.41) is 0. The average Bonchev–Trinajstić information content (AvgIpc) is 2.33. The Morgan fingerprint density at radius 2 is 2.00 bits per heavy atom. The molecule has 1 atom stereocenters. The van der Waals surface area contributed by atoms with Gasteiger partial charge in [0.1, 0.15) is 5.82 Å². The molecule has 2 aromatic heterocycles. The zero-order valence-electron chi connectivity index (χ0n) is 9.88. The van der Waals surface area contributed by atoms with E-state index in [0.29, 0.717) is 0 Å². The van der Waals surface area contributed by atoms with Gasteiger partial charge in [-0.2, -0.15) is 0 Å². The third-order valence-corrected chi connectivity index (χ3v) is 2.53. The molecule has 0 saturated heterocycles. The molecule has 0 aliphatic carbocycles. The second-order valence-corrected chi connectivity index (χ2v) is 3.86. The highest BCUT2D eigenvalue weighted by molar-refractivity contribution is 5.25. The minimum Gasteiger partial charge on any atom is -0.271 e. The van der Waals surface area contributed by atoms with Crippen molar-refractivity contribution in [3.8, 4) is 0 Å². The summed E-state index contributed by atoms with van der Waals surface area (Å²) in [5.74, 6) is 6.31. The van der Waals surface area contributed by atoms with Gasteiger partial charge < -0.3 is 0 Å². The summed E-state index contributed by atoms with van der Waals surface area (Å²) < 4.78 is 0. The van der Waals surface area contributed by atoms with Crippen LogP contribution < -0.4 is 11.3 Å². The van der Waals surface area contributed by atoms with E-state index in [-0.39, 0.29) is 6.04 Å². The van der Waals surface area contributed by atoms with E-state index in [1.54, 1.807) is 12.4 Å². The minimum absolute atomic E-state index is 0.162. The standard InChI is InChI=1S/C12H15N5/c1-8-3-4-10(7-15-8)12(17-13)11-5-6-14-9(2)16-11/h3-7,12,17H,13H2,1-2H3. The van der Waals surface area contributed by atoms with Crippen LogP contribution in [0.2, 0.25) is 0 Å². The fraction of sp³-hybridized carbons (Fsp3) is 0.250. The van der Waals surface area contributed by atoms with Crippen molar-refractivity contribution in [3.05, 3.63) is 53.4 Å². The average molecular weight is 229 g/mol. The van der Waals surface area contributed by atoms with Crippen molar-refractivity contribution in [2.45, 2.75) is 19.9 Å². The first-order valence-corrected chi connectivity index (χ1v) is 5.39. The summed E-state index contributed by atoms with van der Waals surface area (Å²) in [6.07, 6.45) is 3.53. The summed E-state index contributed by atoms with van der Waals surface area (Å²) in [6.45, 7) is 3.80. The van der Waals surface area contributed by atoms with Crippen LogP contribution in [0, 0.1) is 13.8 Å². The van der Waals surface area contributed by atoms with Gasteiger partial charge in [0, 0.05) is 18.1 Å². The second kappa shape index (κ2) is 4.99. The third-order valence-electron chi connectivity index (χ3n) is 2.53. The van der Waals surface area contributed by atoms with Gasteiger partial charge in [-0.1, -0.05) is 6.07 Å². The number of hydrazine groups is 1. The first-order valence-electron chi connectivity index (χ1n) is 5.39. The van der Waals surface area contributed by atoms with E-state index < -0.39 is 0 Å². The molecule has 2 rings (SSSR count). The van der Waals surface area contributed by atoms with Gasteiger partial charge in [0.15, 0.2) is 0 Å². The maximum absolute atomic E-state index is 5.59. The maximum atomic E-state index is 5.59. The molecule has 5 heteroatoms. The quantitative estimate of drug-likeness (QED) is 0.607. The lowest BCUT2D eigenvalue weighted by molar-refractivity contribution is 0.614. The Hall–Kier alpha value is -1.85. The van der Waals surface area contributed by atoms with Crippen LogP contribution in [0.25, 0.3) is 0 Å². The molecule has 0 aliphatic rings. The van der Waals surface area contributed by atoms with Gasteiger partial charge >= 0.3 is 0 Å². The maximum Gasteiger partial charge on any atom is 0.125 e. The number of aromatic nitrogens is 3. The van der Waals surface area contributed by atoms with Crippen LogP contribution in [-0.4, -0.2) is 15.0 Å². The van der Waals surface area contributed by atoms with E-state index >= 15 is 0 Å². The fourth-order valence-corrected chi connectivity index (χ4v) is 1.64. The minimum atomic E-state index is -0.162. The van der Waals surface area contributed by atoms with Crippen molar-refractivity contribution in [1.29, 1.82) is 0 Å². The number of nitrogens with two attached hydrogens (primary N) is 1. The SMILES string of the molecule is Cc1ccc(C(NN)c2ccnc(C)n2)cn1. The van der Waals surface area contributed by atoms with Crippen molar-refractivity contribution >= 4 is 0 Å².